The van der Waals surface area contributed by atoms with Crippen molar-refractivity contribution in [2.75, 3.05) is 13.3 Å². The molecule has 1 rings (SSSR count). The highest BCUT2D eigenvalue weighted by atomic mass is 32.2. The lowest BCUT2D eigenvalue weighted by Crippen LogP contribution is -2.16. The number of hydrogen-bond donors (Lipinski definition) is 1. The van der Waals surface area contributed by atoms with Crippen molar-refractivity contribution in [2.24, 2.45) is 7.05 Å². The number of rotatable bonds is 2. The van der Waals surface area contributed by atoms with Crippen molar-refractivity contribution in [1.82, 2.24) is 9.29 Å². The predicted octanol–water partition coefficient (Wildman–Crippen LogP) is 1.07. The average Bonchev–Trinajstić information content (AvgIpc) is 2.22. The fourth-order valence-electron chi connectivity index (χ4n) is 0.768. The Bertz CT molecular complexity index is 372. The lowest BCUT2D eigenvalue weighted by molar-refractivity contribution is 0.101. The fraction of sp³-hybridized carbons (Fsp3) is 0.400. The van der Waals surface area contributed by atoms with Gasteiger partial charge in [0.1, 0.15) is 0 Å². The first kappa shape index (κ1) is 13.9. The van der Waals surface area contributed by atoms with Crippen LogP contribution in [-0.2, 0) is 7.05 Å². The van der Waals surface area contributed by atoms with Gasteiger partial charge in [-0.3, -0.25) is 14.3 Å². The van der Waals surface area contributed by atoms with Crippen LogP contribution in [-0.4, -0.2) is 23.7 Å². The molecule has 0 unspecified atom stereocenters. The van der Waals surface area contributed by atoms with Crippen LogP contribution in [0.15, 0.2) is 23.1 Å². The third-order valence-electron chi connectivity index (χ3n) is 1.71. The van der Waals surface area contributed by atoms with Gasteiger partial charge < -0.3 is 4.57 Å². The maximum Gasteiger partial charge on any atom is 0.250 e. The minimum atomic E-state index is -0.155. The number of nitrogens with zero attached hydrogens (tertiary/aromatic N) is 1. The van der Waals surface area contributed by atoms with E-state index in [1.165, 1.54) is 17.6 Å². The van der Waals surface area contributed by atoms with Crippen LogP contribution in [0.4, 0.5) is 0 Å². The molecule has 1 aromatic heterocycles. The van der Waals surface area contributed by atoms with E-state index in [9.17, 15) is 9.59 Å². The van der Waals surface area contributed by atoms with Crippen molar-refractivity contribution in [3.05, 3.63) is 34.2 Å². The van der Waals surface area contributed by atoms with Gasteiger partial charge in [0.05, 0.1) is 0 Å². The highest BCUT2D eigenvalue weighted by Crippen LogP contribution is 1.93. The van der Waals surface area contributed by atoms with E-state index in [4.69, 9.17) is 0 Å². The Balaban J connectivity index is 0.000000423. The summed E-state index contributed by atoms with van der Waals surface area (Å²) in [4.78, 5) is 21.7. The number of carbonyl (C=O) groups excluding carboxylic acids is 1. The van der Waals surface area contributed by atoms with Crippen LogP contribution in [0, 0.1) is 0 Å². The highest BCUT2D eigenvalue weighted by Gasteiger charge is 1.98. The smallest absolute Gasteiger partial charge is 0.250 e. The van der Waals surface area contributed by atoms with Crippen molar-refractivity contribution in [2.45, 2.75) is 6.92 Å². The van der Waals surface area contributed by atoms with E-state index in [0.717, 1.165) is 0 Å². The number of Topliss-reactive ketones (excluding diaryl/α,β-unsaturated/α-hetero) is 1. The molecular formula is C10H16N2O2S. The van der Waals surface area contributed by atoms with Crippen LogP contribution in [0.1, 0.15) is 17.3 Å². The van der Waals surface area contributed by atoms with Crippen molar-refractivity contribution >= 4 is 17.7 Å². The third-order valence-corrected chi connectivity index (χ3v) is 2.12. The van der Waals surface area contributed by atoms with Gasteiger partial charge in [0, 0.05) is 24.9 Å². The highest BCUT2D eigenvalue weighted by molar-refractivity contribution is 7.96. The Morgan fingerprint density at radius 3 is 2.40 bits per heavy atom. The molecule has 0 fully saturated rings. The number of aryl methyl sites for hydroxylation is 1. The summed E-state index contributed by atoms with van der Waals surface area (Å²) < 4.78 is 4.27. The summed E-state index contributed by atoms with van der Waals surface area (Å²) >= 11 is 1.61. The van der Waals surface area contributed by atoms with Gasteiger partial charge in [-0.2, -0.15) is 0 Å². The summed E-state index contributed by atoms with van der Waals surface area (Å²) in [7, 11) is 3.54. The van der Waals surface area contributed by atoms with Gasteiger partial charge >= 0.3 is 0 Å². The molecule has 0 saturated heterocycles. The van der Waals surface area contributed by atoms with Gasteiger partial charge in [0.2, 0.25) is 0 Å². The maximum atomic E-state index is 11.0. The summed E-state index contributed by atoms with van der Waals surface area (Å²) in [5.74, 6) is -0.0808. The number of pyridine rings is 1. The van der Waals surface area contributed by atoms with Crippen molar-refractivity contribution in [3.8, 4) is 0 Å². The second-order valence-corrected chi connectivity index (χ2v) is 3.65. The summed E-state index contributed by atoms with van der Waals surface area (Å²) in [6.45, 7) is 1.44. The van der Waals surface area contributed by atoms with Gasteiger partial charge in [-0.05, 0) is 26.3 Å². The molecule has 0 aromatic carbocycles. The van der Waals surface area contributed by atoms with Crippen LogP contribution in [0.2, 0.25) is 0 Å². The van der Waals surface area contributed by atoms with Crippen molar-refractivity contribution in [3.63, 3.8) is 0 Å². The molecule has 4 nitrogen and oxygen atoms in total. The number of nitrogens with one attached hydrogen (secondary N) is 1. The fourth-order valence-corrected chi connectivity index (χ4v) is 0.768. The normalized spacial score (nSPS) is 9.07. The van der Waals surface area contributed by atoms with Gasteiger partial charge in [-0.25, -0.2) is 0 Å². The topological polar surface area (TPSA) is 51.1 Å². The maximum absolute atomic E-state index is 11.0. The van der Waals surface area contributed by atoms with E-state index >= 15 is 0 Å². The molecule has 0 bridgehead atoms. The summed E-state index contributed by atoms with van der Waals surface area (Å²) in [6.07, 6.45) is 3.57. The molecule has 1 aromatic rings. The van der Waals surface area contributed by atoms with Crippen LogP contribution < -0.4 is 10.3 Å². The molecule has 0 atom stereocenters. The van der Waals surface area contributed by atoms with Gasteiger partial charge in [-0.1, -0.05) is 11.9 Å². The summed E-state index contributed by atoms with van der Waals surface area (Å²) in [6, 6.07) is 2.96. The molecule has 0 radical (unpaired) electrons. The first-order valence-corrected chi connectivity index (χ1v) is 5.62. The lowest BCUT2D eigenvalue weighted by Gasteiger charge is -1.96. The van der Waals surface area contributed by atoms with Crippen molar-refractivity contribution < 1.29 is 4.79 Å². The molecule has 1 heterocycles. The predicted molar refractivity (Wildman–Crippen MR) is 64.3 cm³/mol. The number of carbonyl (C=O) groups is 1. The quantitative estimate of drug-likeness (QED) is 0.607. The molecule has 84 valence electrons. The zero-order valence-electron chi connectivity index (χ0n) is 9.40. The zero-order chi connectivity index (χ0) is 11.8. The molecule has 0 amide bonds. The molecule has 1 N–H and O–H groups in total. The number of ketones is 1. The number of aromatic nitrogens is 1. The second-order valence-electron chi connectivity index (χ2n) is 2.83. The molecule has 15 heavy (non-hydrogen) atoms. The van der Waals surface area contributed by atoms with Crippen LogP contribution in [0.25, 0.3) is 0 Å². The van der Waals surface area contributed by atoms with Crippen LogP contribution >= 0.6 is 11.9 Å². The van der Waals surface area contributed by atoms with Crippen LogP contribution in [0.5, 0.6) is 0 Å². The lowest BCUT2D eigenvalue weighted by atomic mass is 10.2. The Hall–Kier alpha value is -1.07. The van der Waals surface area contributed by atoms with Crippen molar-refractivity contribution in [1.29, 1.82) is 0 Å². The van der Waals surface area contributed by atoms with E-state index in [0.29, 0.717) is 5.56 Å². The number of hydrogen-bond acceptors (Lipinski definition) is 4. The Labute approximate surface area is 93.8 Å². The van der Waals surface area contributed by atoms with E-state index in [-0.39, 0.29) is 11.3 Å². The first-order chi connectivity index (χ1) is 7.02. The largest absolute Gasteiger partial charge is 0.319 e. The first-order valence-electron chi connectivity index (χ1n) is 4.40. The molecule has 0 aliphatic rings. The van der Waals surface area contributed by atoms with Gasteiger partial charge in [0.15, 0.2) is 5.78 Å². The van der Waals surface area contributed by atoms with E-state index in [1.54, 1.807) is 31.3 Å². The monoisotopic (exact) mass is 228 g/mol. The average molecular weight is 228 g/mol. The molecule has 0 aliphatic carbocycles. The second kappa shape index (κ2) is 7.25. The molecule has 0 spiro atoms. The summed E-state index contributed by atoms with van der Waals surface area (Å²) in [5.41, 5.74) is 0.311. The van der Waals surface area contributed by atoms with E-state index in [1.807, 2.05) is 13.3 Å². The SMILES string of the molecule is CC(=O)c1ccn(C)c(=O)c1.CNSC. The van der Waals surface area contributed by atoms with Gasteiger partial charge in [-0.15, -0.1) is 0 Å². The van der Waals surface area contributed by atoms with Gasteiger partial charge in [0.25, 0.3) is 5.56 Å². The minimum absolute atomic E-state index is 0.0808. The molecular weight excluding hydrogens is 212 g/mol. The zero-order valence-corrected chi connectivity index (χ0v) is 10.2. The molecule has 0 saturated carbocycles. The van der Waals surface area contributed by atoms with Crippen LogP contribution in [0.3, 0.4) is 0 Å². The third kappa shape index (κ3) is 5.39. The molecule has 0 aliphatic heterocycles. The summed E-state index contributed by atoms with van der Waals surface area (Å²) in [5, 5.41) is 0. The Morgan fingerprint density at radius 2 is 2.07 bits per heavy atom. The standard InChI is InChI=1S/C8H9NO2.C2H7NS/c1-6(10)7-3-4-9(2)8(11)5-7;1-3-4-2/h3-5H,1-2H3;3H,1-2H3. The van der Waals surface area contributed by atoms with E-state index in [2.05, 4.69) is 4.72 Å². The van der Waals surface area contributed by atoms with E-state index < -0.39 is 0 Å². The Morgan fingerprint density at radius 1 is 1.53 bits per heavy atom. The molecule has 5 heteroatoms. The Kier molecular flexibility index (Phi) is 6.73. The minimum Gasteiger partial charge on any atom is -0.319 e.